The average Bonchev–Trinajstić information content (AvgIpc) is 3.66. The molecule has 1 aliphatic heterocycles. The van der Waals surface area contributed by atoms with Gasteiger partial charge in [-0.2, -0.15) is 0 Å². The quantitative estimate of drug-likeness (QED) is 0.171. The summed E-state index contributed by atoms with van der Waals surface area (Å²) in [5.41, 5.74) is 10.4. The number of nitrogens with two attached hydrogens (primary N) is 1. The summed E-state index contributed by atoms with van der Waals surface area (Å²) in [4.78, 5) is 20.2. The second-order valence-electron chi connectivity index (χ2n) is 10.3. The third-order valence-electron chi connectivity index (χ3n) is 6.85. The van der Waals surface area contributed by atoms with Crippen LogP contribution in [0.2, 0.25) is 0 Å². The van der Waals surface area contributed by atoms with Crippen LogP contribution in [0.4, 0.5) is 0 Å². The molecule has 3 aromatic carbocycles. The molecule has 5 rings (SSSR count). The molecular formula is C33H37N5O3S. The van der Waals surface area contributed by atoms with E-state index >= 15 is 0 Å². The van der Waals surface area contributed by atoms with E-state index in [9.17, 15) is 4.79 Å². The lowest BCUT2D eigenvalue weighted by molar-refractivity contribution is 0.0735. The van der Waals surface area contributed by atoms with Gasteiger partial charge in [-0.3, -0.25) is 15.6 Å². The summed E-state index contributed by atoms with van der Waals surface area (Å²) >= 11 is 1.58. The predicted molar refractivity (Wildman–Crippen MR) is 169 cm³/mol. The highest BCUT2D eigenvalue weighted by molar-refractivity contribution is 7.09. The maximum absolute atomic E-state index is 13.8. The Labute approximate surface area is 251 Å². The van der Waals surface area contributed by atoms with Crippen LogP contribution in [-0.2, 0) is 4.74 Å². The fourth-order valence-electron chi connectivity index (χ4n) is 4.61. The number of carbonyl (C=O) groups is 1. The van der Waals surface area contributed by atoms with Crippen LogP contribution in [-0.4, -0.2) is 47.3 Å². The number of hydrogen-bond acceptors (Lipinski definition) is 8. The number of rotatable bonds is 6. The van der Waals surface area contributed by atoms with Crippen LogP contribution in [0.1, 0.15) is 58.0 Å². The van der Waals surface area contributed by atoms with Gasteiger partial charge in [0, 0.05) is 28.7 Å². The first-order valence-electron chi connectivity index (χ1n) is 13.8. The van der Waals surface area contributed by atoms with Gasteiger partial charge < -0.3 is 20.1 Å². The highest BCUT2D eigenvalue weighted by Crippen LogP contribution is 2.35. The summed E-state index contributed by atoms with van der Waals surface area (Å²) in [5, 5.41) is 19.3. The number of likely N-dealkylation sites (tertiary alicyclic amines) is 1. The van der Waals surface area contributed by atoms with Gasteiger partial charge in [-0.25, -0.2) is 4.98 Å². The first kappa shape index (κ1) is 30.6. The molecule has 8 nitrogen and oxygen atoms in total. The number of ether oxygens (including phenoxy) is 2. The summed E-state index contributed by atoms with van der Waals surface area (Å²) in [7, 11) is 1.60. The van der Waals surface area contributed by atoms with Gasteiger partial charge >= 0.3 is 0 Å². The van der Waals surface area contributed by atoms with Crippen molar-refractivity contribution in [3.05, 3.63) is 106 Å². The van der Waals surface area contributed by atoms with Gasteiger partial charge in [0.2, 0.25) is 11.8 Å². The summed E-state index contributed by atoms with van der Waals surface area (Å²) in [5.74, 6) is 0.110. The van der Waals surface area contributed by atoms with Crippen molar-refractivity contribution < 1.29 is 14.3 Å². The van der Waals surface area contributed by atoms with E-state index in [1.165, 1.54) is 5.56 Å². The number of methoxy groups -OCH3 is 1. The maximum Gasteiger partial charge on any atom is 0.254 e. The minimum absolute atomic E-state index is 0.0629. The normalized spacial score (nSPS) is 14.9. The number of thiazole rings is 1. The monoisotopic (exact) mass is 583 g/mol. The van der Waals surface area contributed by atoms with Gasteiger partial charge in [0.25, 0.3) is 5.91 Å². The first-order chi connectivity index (χ1) is 20.2. The number of aryl methyl sites for hydroxylation is 2. The molecule has 2 atom stereocenters. The van der Waals surface area contributed by atoms with E-state index in [2.05, 4.69) is 24.0 Å². The lowest BCUT2D eigenvalue weighted by atomic mass is 9.98. The highest BCUT2D eigenvalue weighted by atomic mass is 32.1. The zero-order valence-corrected chi connectivity index (χ0v) is 25.2. The molecular weight excluding hydrogens is 546 g/mol. The number of aromatic nitrogens is 1. The standard InChI is InChI=1S/C26H29N5O3S.C7H8/c1-15-14-35-25(30-15)22-8-5-9-31(22)26(32)20-11-18(17-6-4-7-21(13-17)33-3)10-19(12-20)24(29)34-23(28)16(2)27;1-7-5-3-2-4-6-7/h4,6-7,10-14,16,22,28-29H,5,8-9,27H2,1-3H3;2-6H,1H3/t16?,22-;/m1./s1. The van der Waals surface area contributed by atoms with Gasteiger partial charge in [-0.1, -0.05) is 48.0 Å². The van der Waals surface area contributed by atoms with E-state index in [0.717, 1.165) is 34.7 Å². The van der Waals surface area contributed by atoms with Crippen molar-refractivity contribution in [2.75, 3.05) is 13.7 Å². The molecule has 1 aliphatic rings. The smallest absolute Gasteiger partial charge is 0.254 e. The molecule has 1 unspecified atom stereocenters. The van der Waals surface area contributed by atoms with Crippen LogP contribution in [0.25, 0.3) is 11.1 Å². The second-order valence-corrected chi connectivity index (χ2v) is 11.1. The van der Waals surface area contributed by atoms with Crippen LogP contribution in [0.5, 0.6) is 5.75 Å². The first-order valence-corrected chi connectivity index (χ1v) is 14.7. The van der Waals surface area contributed by atoms with Crippen LogP contribution in [0.3, 0.4) is 0 Å². The van der Waals surface area contributed by atoms with Crippen molar-refractivity contribution in [3.63, 3.8) is 0 Å². The zero-order valence-electron chi connectivity index (χ0n) is 24.4. The van der Waals surface area contributed by atoms with Crippen molar-refractivity contribution in [3.8, 4) is 16.9 Å². The van der Waals surface area contributed by atoms with Crippen LogP contribution < -0.4 is 10.5 Å². The van der Waals surface area contributed by atoms with Gasteiger partial charge in [0.15, 0.2) is 0 Å². The molecule has 1 saturated heterocycles. The molecule has 1 aromatic heterocycles. The Morgan fingerprint density at radius 2 is 1.76 bits per heavy atom. The predicted octanol–water partition coefficient (Wildman–Crippen LogP) is 6.77. The van der Waals surface area contributed by atoms with Gasteiger partial charge in [-0.05, 0) is 75.1 Å². The Balaban J connectivity index is 0.000000507. The molecule has 0 bridgehead atoms. The van der Waals surface area contributed by atoms with E-state index in [1.54, 1.807) is 37.5 Å². The number of benzene rings is 3. The number of carbonyl (C=O) groups excluding carboxylic acids is 1. The molecule has 2 heterocycles. The van der Waals surface area contributed by atoms with E-state index in [4.69, 9.17) is 26.0 Å². The molecule has 4 aromatic rings. The maximum atomic E-state index is 13.8. The van der Waals surface area contributed by atoms with Gasteiger partial charge in [0.05, 0.1) is 19.2 Å². The van der Waals surface area contributed by atoms with Crippen LogP contribution >= 0.6 is 11.3 Å². The highest BCUT2D eigenvalue weighted by Gasteiger charge is 2.33. The minimum Gasteiger partial charge on any atom is -0.497 e. The molecule has 0 spiro atoms. The molecule has 1 amide bonds. The Hall–Kier alpha value is -4.34. The lowest BCUT2D eigenvalue weighted by Gasteiger charge is -2.24. The van der Waals surface area contributed by atoms with Crippen LogP contribution in [0, 0.1) is 24.7 Å². The Bertz CT molecular complexity index is 1550. The Kier molecular flexibility index (Phi) is 10.2. The third-order valence-corrected chi connectivity index (χ3v) is 7.91. The fraction of sp³-hybridized carbons (Fsp3) is 0.273. The molecule has 0 saturated carbocycles. The van der Waals surface area contributed by atoms with Crippen molar-refractivity contribution in [1.29, 1.82) is 10.8 Å². The topological polar surface area (TPSA) is 125 Å². The number of nitrogens with zero attached hydrogens (tertiary/aromatic N) is 2. The molecule has 0 radical (unpaired) electrons. The molecule has 1 fully saturated rings. The summed E-state index contributed by atoms with van der Waals surface area (Å²) in [6.45, 7) is 6.30. The molecule has 4 N–H and O–H groups in total. The summed E-state index contributed by atoms with van der Waals surface area (Å²) < 4.78 is 10.7. The molecule has 0 aliphatic carbocycles. The lowest BCUT2D eigenvalue weighted by Crippen LogP contribution is -2.31. The third kappa shape index (κ3) is 7.69. The summed E-state index contributed by atoms with van der Waals surface area (Å²) in [6, 6.07) is 22.3. The number of amides is 1. The van der Waals surface area contributed by atoms with Crippen molar-refractivity contribution in [2.24, 2.45) is 5.73 Å². The SMILES string of the molecule is COc1cccc(-c2cc(C(=N)OC(=N)C(C)N)cc(C(=O)N3CCC[C@@H]3c3nc(C)cs3)c2)c1.Cc1ccccc1. The number of nitrogens with one attached hydrogen (secondary N) is 2. The van der Waals surface area contributed by atoms with E-state index < -0.39 is 6.04 Å². The summed E-state index contributed by atoms with van der Waals surface area (Å²) in [6.07, 6.45) is 1.77. The van der Waals surface area contributed by atoms with Gasteiger partial charge in [0.1, 0.15) is 10.8 Å². The Morgan fingerprint density at radius 3 is 2.38 bits per heavy atom. The average molecular weight is 584 g/mol. The Morgan fingerprint density at radius 1 is 1.02 bits per heavy atom. The van der Waals surface area contributed by atoms with E-state index in [0.29, 0.717) is 23.4 Å². The van der Waals surface area contributed by atoms with Crippen LogP contribution in [0.15, 0.2) is 78.2 Å². The van der Waals surface area contributed by atoms with Crippen molar-refractivity contribution >= 4 is 29.0 Å². The zero-order chi connectivity index (χ0) is 30.2. The van der Waals surface area contributed by atoms with E-state index in [-0.39, 0.29) is 23.7 Å². The second kappa shape index (κ2) is 14.0. The van der Waals surface area contributed by atoms with Crippen molar-refractivity contribution in [1.82, 2.24) is 9.88 Å². The fourth-order valence-corrected chi connectivity index (χ4v) is 5.55. The number of hydrogen-bond donors (Lipinski definition) is 3. The molecule has 218 valence electrons. The van der Waals surface area contributed by atoms with E-state index in [1.807, 2.05) is 65.7 Å². The largest absolute Gasteiger partial charge is 0.497 e. The van der Waals surface area contributed by atoms with Crippen molar-refractivity contribution in [2.45, 2.75) is 45.7 Å². The molecule has 9 heteroatoms. The molecule has 42 heavy (non-hydrogen) atoms. The van der Waals surface area contributed by atoms with Gasteiger partial charge in [-0.15, -0.1) is 11.3 Å². The minimum atomic E-state index is -0.648.